The average molecular weight is 617 g/mol. The van der Waals surface area contributed by atoms with Gasteiger partial charge in [-0.25, -0.2) is 4.98 Å². The van der Waals surface area contributed by atoms with Gasteiger partial charge in [0, 0.05) is 31.8 Å². The van der Waals surface area contributed by atoms with Crippen LogP contribution in [0.3, 0.4) is 0 Å². The van der Waals surface area contributed by atoms with Crippen molar-refractivity contribution in [3.05, 3.63) is 35.0 Å². The molecular formula is C25H36N4O10S2. The molecule has 1 saturated carbocycles. The molecule has 0 saturated heterocycles. The van der Waals surface area contributed by atoms with Gasteiger partial charge < -0.3 is 24.2 Å². The number of hydrogen-bond donors (Lipinski definition) is 3. The molecule has 0 spiro atoms. The SMILES string of the molecule is CCOc1cc2c(cc1OC)C(c1cnc(N(C)C)nc1OC)=N[C@@H]1CC[C@@H](O)C[C@H]21.O=S(=O)(O)CCS(=O)(=O)O. The van der Waals surface area contributed by atoms with E-state index in [-0.39, 0.29) is 18.1 Å². The number of aromatic nitrogens is 2. The van der Waals surface area contributed by atoms with E-state index >= 15 is 0 Å². The molecule has 1 aromatic heterocycles. The van der Waals surface area contributed by atoms with Gasteiger partial charge in [-0.05, 0) is 43.9 Å². The van der Waals surface area contributed by atoms with Crippen molar-refractivity contribution in [3.8, 4) is 17.4 Å². The number of fused-ring (bicyclic) bond motifs is 3. The Morgan fingerprint density at radius 2 is 1.63 bits per heavy atom. The number of benzene rings is 1. The van der Waals surface area contributed by atoms with E-state index in [0.29, 0.717) is 36.4 Å². The number of anilines is 1. The Balaban J connectivity index is 0.000000397. The molecule has 3 N–H and O–H groups in total. The first-order chi connectivity index (χ1) is 19.2. The number of rotatable bonds is 9. The number of ether oxygens (including phenoxy) is 3. The molecule has 16 heteroatoms. The predicted octanol–water partition coefficient (Wildman–Crippen LogP) is 1.57. The fourth-order valence-electron chi connectivity index (χ4n) is 4.69. The number of aliphatic hydroxyl groups excluding tert-OH is 1. The van der Waals surface area contributed by atoms with Crippen LogP contribution in [0.15, 0.2) is 23.3 Å². The van der Waals surface area contributed by atoms with Gasteiger partial charge in [-0.15, -0.1) is 0 Å². The topological polar surface area (TPSA) is 198 Å². The maximum absolute atomic E-state index is 10.3. The van der Waals surface area contributed by atoms with E-state index in [9.17, 15) is 21.9 Å². The molecule has 14 nitrogen and oxygen atoms in total. The number of nitrogens with zero attached hydrogens (tertiary/aromatic N) is 4. The number of aliphatic hydroxyl groups is 1. The summed E-state index contributed by atoms with van der Waals surface area (Å²) in [5.74, 6) is 0.562. The molecule has 228 valence electrons. The molecule has 0 amide bonds. The number of methoxy groups -OCH3 is 2. The van der Waals surface area contributed by atoms with Crippen molar-refractivity contribution in [3.63, 3.8) is 0 Å². The minimum Gasteiger partial charge on any atom is -0.493 e. The lowest BCUT2D eigenvalue weighted by Crippen LogP contribution is -2.34. The van der Waals surface area contributed by atoms with Gasteiger partial charge in [0.05, 0.1) is 55.8 Å². The highest BCUT2D eigenvalue weighted by molar-refractivity contribution is 7.89. The van der Waals surface area contributed by atoms with Gasteiger partial charge in [0.25, 0.3) is 20.2 Å². The second kappa shape index (κ2) is 13.3. The van der Waals surface area contributed by atoms with E-state index in [0.717, 1.165) is 35.2 Å². The second-order valence-electron chi connectivity index (χ2n) is 9.70. The second-order valence-corrected chi connectivity index (χ2v) is 12.8. The Hall–Kier alpha value is -3.05. The van der Waals surface area contributed by atoms with Crippen LogP contribution in [0.2, 0.25) is 0 Å². The van der Waals surface area contributed by atoms with Crippen molar-refractivity contribution in [1.29, 1.82) is 0 Å². The molecule has 2 aromatic rings. The van der Waals surface area contributed by atoms with Crippen molar-refractivity contribution in [2.45, 2.75) is 44.2 Å². The van der Waals surface area contributed by atoms with Crippen LogP contribution >= 0.6 is 0 Å². The van der Waals surface area contributed by atoms with Gasteiger partial charge in [-0.2, -0.15) is 21.8 Å². The van der Waals surface area contributed by atoms with Gasteiger partial charge in [0.15, 0.2) is 11.5 Å². The standard InChI is InChI=1S/C23H30N4O4.C2H6O6S2/c1-6-31-20-10-14-15-9-13(28)7-8-18(15)25-21(16(14)11-19(20)29-4)17-12-24-23(27(2)3)26-22(17)30-5;3-9(4,5)1-2-10(6,7)8/h10-13,15,18,28H,6-9H2,1-5H3;1-2H2,(H,3,4,5)(H,6,7,8)/t13-,15-,18-;/m1./s1. The third-order valence-corrected chi connectivity index (χ3v) is 8.26. The highest BCUT2D eigenvalue weighted by Gasteiger charge is 2.38. The average Bonchev–Trinajstić information content (AvgIpc) is 2.90. The van der Waals surface area contributed by atoms with Crippen LogP contribution in [0.5, 0.6) is 17.4 Å². The van der Waals surface area contributed by atoms with Crippen molar-refractivity contribution in [1.82, 2.24) is 9.97 Å². The fraction of sp³-hybridized carbons (Fsp3) is 0.560. The maximum atomic E-state index is 10.3. The summed E-state index contributed by atoms with van der Waals surface area (Å²) in [6, 6.07) is 4.09. The lowest BCUT2D eigenvalue weighted by atomic mass is 9.74. The molecule has 2 heterocycles. The Bertz CT molecular complexity index is 1450. The normalized spacial score (nSPS) is 20.0. The van der Waals surface area contributed by atoms with E-state index in [1.807, 2.05) is 38.1 Å². The summed E-state index contributed by atoms with van der Waals surface area (Å²) in [5, 5.41) is 10.3. The van der Waals surface area contributed by atoms with Gasteiger partial charge in [-0.1, -0.05) is 0 Å². The van der Waals surface area contributed by atoms with Crippen molar-refractivity contribution in [2.75, 3.05) is 51.3 Å². The Morgan fingerprint density at radius 1 is 0.976 bits per heavy atom. The molecule has 2 aliphatic rings. The van der Waals surface area contributed by atoms with Gasteiger partial charge in [0.1, 0.15) is 0 Å². The Labute approximate surface area is 239 Å². The quantitative estimate of drug-likeness (QED) is 0.343. The predicted molar refractivity (Wildman–Crippen MR) is 152 cm³/mol. The van der Waals surface area contributed by atoms with Crippen LogP contribution in [0.1, 0.15) is 48.8 Å². The zero-order valence-electron chi connectivity index (χ0n) is 23.5. The third-order valence-electron chi connectivity index (χ3n) is 6.56. The summed E-state index contributed by atoms with van der Waals surface area (Å²) in [5.41, 5.74) is 3.58. The first-order valence-electron chi connectivity index (χ1n) is 12.8. The molecule has 3 atom stereocenters. The monoisotopic (exact) mass is 616 g/mol. The van der Waals surface area contributed by atoms with Gasteiger partial charge >= 0.3 is 0 Å². The smallest absolute Gasteiger partial charge is 0.265 e. The molecule has 1 aromatic carbocycles. The number of aliphatic imine (C=N–C) groups is 1. The van der Waals surface area contributed by atoms with Crippen molar-refractivity contribution >= 4 is 31.9 Å². The van der Waals surface area contributed by atoms with Crippen LogP contribution in [-0.2, 0) is 20.2 Å². The molecule has 0 bridgehead atoms. The van der Waals surface area contributed by atoms with Gasteiger partial charge in [0.2, 0.25) is 11.8 Å². The summed E-state index contributed by atoms with van der Waals surface area (Å²) in [6.07, 6.45) is 3.70. The van der Waals surface area contributed by atoms with Crippen molar-refractivity contribution < 1.29 is 45.3 Å². The summed E-state index contributed by atoms with van der Waals surface area (Å²) in [4.78, 5) is 16.0. The number of hydrogen-bond acceptors (Lipinski definition) is 12. The van der Waals surface area contributed by atoms with E-state index in [4.69, 9.17) is 28.3 Å². The van der Waals surface area contributed by atoms with Crippen molar-refractivity contribution in [2.24, 2.45) is 4.99 Å². The van der Waals surface area contributed by atoms with E-state index in [1.54, 1.807) is 20.4 Å². The first kappa shape index (κ1) is 32.5. The third kappa shape index (κ3) is 8.48. The fourth-order valence-corrected chi connectivity index (χ4v) is 6.37. The van der Waals surface area contributed by atoms with E-state index in [2.05, 4.69) is 9.97 Å². The molecule has 4 rings (SSSR count). The summed E-state index contributed by atoms with van der Waals surface area (Å²) >= 11 is 0. The molecular weight excluding hydrogens is 580 g/mol. The molecule has 1 aliphatic carbocycles. The largest absolute Gasteiger partial charge is 0.493 e. The zero-order chi connectivity index (χ0) is 30.5. The van der Waals surface area contributed by atoms with Crippen LogP contribution in [0, 0.1) is 0 Å². The van der Waals surface area contributed by atoms with Crippen LogP contribution < -0.4 is 19.1 Å². The van der Waals surface area contributed by atoms with Gasteiger partial charge in [-0.3, -0.25) is 14.1 Å². The zero-order valence-corrected chi connectivity index (χ0v) is 25.1. The molecule has 41 heavy (non-hydrogen) atoms. The highest BCUT2D eigenvalue weighted by atomic mass is 32.2. The molecule has 0 unspecified atom stereocenters. The lowest BCUT2D eigenvalue weighted by molar-refractivity contribution is 0.111. The molecule has 1 fully saturated rings. The van der Waals surface area contributed by atoms with E-state index in [1.165, 1.54) is 0 Å². The lowest BCUT2D eigenvalue weighted by Gasteiger charge is -2.37. The minimum atomic E-state index is -4.30. The highest BCUT2D eigenvalue weighted by Crippen LogP contribution is 2.45. The molecule has 1 aliphatic heterocycles. The summed E-state index contributed by atoms with van der Waals surface area (Å²) in [6.45, 7) is 2.49. The molecule has 0 radical (unpaired) electrons. The van der Waals surface area contributed by atoms with Crippen LogP contribution in [0.25, 0.3) is 0 Å². The Morgan fingerprint density at radius 3 is 2.17 bits per heavy atom. The minimum absolute atomic E-state index is 0.0759. The van der Waals surface area contributed by atoms with E-state index < -0.39 is 31.7 Å². The maximum Gasteiger partial charge on any atom is 0.265 e. The summed E-state index contributed by atoms with van der Waals surface area (Å²) < 4.78 is 72.5. The summed E-state index contributed by atoms with van der Waals surface area (Å²) in [7, 11) is -1.58. The Kier molecular flexibility index (Phi) is 10.5. The first-order valence-corrected chi connectivity index (χ1v) is 16.0. The van der Waals surface area contributed by atoms with Crippen LogP contribution in [0.4, 0.5) is 5.95 Å². The van der Waals surface area contributed by atoms with Crippen LogP contribution in [-0.4, -0.2) is 105 Å².